The van der Waals surface area contributed by atoms with Crippen LogP contribution in [0.1, 0.15) is 27.6 Å². The zero-order chi connectivity index (χ0) is 14.7. The average Bonchev–Trinajstić information content (AvgIpc) is 2.46. The number of carbonyl (C=O) groups is 2. The van der Waals surface area contributed by atoms with Crippen LogP contribution in [0.15, 0.2) is 42.5 Å². The predicted octanol–water partition coefficient (Wildman–Crippen LogP) is 3.48. The Morgan fingerprint density at radius 3 is 2.25 bits per heavy atom. The van der Waals surface area contributed by atoms with Crippen molar-refractivity contribution >= 4 is 11.8 Å². The van der Waals surface area contributed by atoms with Gasteiger partial charge in [0.2, 0.25) is 0 Å². The van der Waals surface area contributed by atoms with Crippen molar-refractivity contribution in [2.75, 3.05) is 7.11 Å². The molecule has 0 radical (unpaired) electrons. The van der Waals surface area contributed by atoms with Gasteiger partial charge in [0.05, 0.1) is 12.7 Å². The first-order valence-electron chi connectivity index (χ1n) is 6.02. The zero-order valence-electron chi connectivity index (χ0n) is 11.1. The van der Waals surface area contributed by atoms with Gasteiger partial charge in [0.1, 0.15) is 5.82 Å². The molecule has 0 heterocycles. The summed E-state index contributed by atoms with van der Waals surface area (Å²) in [6.07, 6.45) is 0. The second kappa shape index (κ2) is 5.65. The summed E-state index contributed by atoms with van der Waals surface area (Å²) in [7, 11) is 1.28. The lowest BCUT2D eigenvalue weighted by Crippen LogP contribution is -2.06. The number of hydrogen-bond donors (Lipinski definition) is 0. The lowest BCUT2D eigenvalue weighted by Gasteiger charge is -2.09. The van der Waals surface area contributed by atoms with E-state index in [2.05, 4.69) is 0 Å². The number of ether oxygens (including phenoxy) is 1. The standard InChI is InChI=1S/C16H13FO3/c1-10(18)12-5-8-14(15(9-12)16(19)20-2)11-3-6-13(17)7-4-11/h3-9H,1-2H3. The van der Waals surface area contributed by atoms with Gasteiger partial charge in [-0.2, -0.15) is 0 Å². The van der Waals surface area contributed by atoms with E-state index in [1.54, 1.807) is 24.3 Å². The Bertz CT molecular complexity index is 660. The molecule has 0 saturated heterocycles. The molecule has 0 N–H and O–H groups in total. The van der Waals surface area contributed by atoms with Crippen molar-refractivity contribution < 1.29 is 18.7 Å². The number of ketones is 1. The summed E-state index contributed by atoms with van der Waals surface area (Å²) in [5.74, 6) is -1.03. The molecule has 0 aliphatic heterocycles. The number of methoxy groups -OCH3 is 1. The first-order valence-corrected chi connectivity index (χ1v) is 6.02. The predicted molar refractivity (Wildman–Crippen MR) is 73.2 cm³/mol. The minimum Gasteiger partial charge on any atom is -0.465 e. The smallest absolute Gasteiger partial charge is 0.338 e. The maximum atomic E-state index is 13.0. The van der Waals surface area contributed by atoms with Gasteiger partial charge in [-0.1, -0.05) is 24.3 Å². The summed E-state index contributed by atoms with van der Waals surface area (Å²) < 4.78 is 17.7. The molecule has 20 heavy (non-hydrogen) atoms. The molecule has 0 unspecified atom stereocenters. The quantitative estimate of drug-likeness (QED) is 0.634. The first-order chi connectivity index (χ1) is 9.52. The molecule has 2 rings (SSSR count). The molecule has 0 fully saturated rings. The normalized spacial score (nSPS) is 10.2. The van der Waals surface area contributed by atoms with Crippen LogP contribution in [0, 0.1) is 5.82 Å². The van der Waals surface area contributed by atoms with Gasteiger partial charge in [-0.3, -0.25) is 4.79 Å². The van der Waals surface area contributed by atoms with Crippen molar-refractivity contribution in [1.29, 1.82) is 0 Å². The molecular weight excluding hydrogens is 259 g/mol. The highest BCUT2D eigenvalue weighted by atomic mass is 19.1. The molecular formula is C16H13FO3. The molecule has 0 bridgehead atoms. The Kier molecular flexibility index (Phi) is 3.94. The van der Waals surface area contributed by atoms with E-state index in [-0.39, 0.29) is 17.2 Å². The van der Waals surface area contributed by atoms with Crippen molar-refractivity contribution in [3.8, 4) is 11.1 Å². The number of esters is 1. The number of benzene rings is 2. The van der Waals surface area contributed by atoms with Crippen LogP contribution in [0.2, 0.25) is 0 Å². The van der Waals surface area contributed by atoms with E-state index in [4.69, 9.17) is 4.74 Å². The van der Waals surface area contributed by atoms with Gasteiger partial charge in [0.25, 0.3) is 0 Å². The van der Waals surface area contributed by atoms with Crippen LogP contribution in [-0.2, 0) is 4.74 Å². The Morgan fingerprint density at radius 2 is 1.70 bits per heavy atom. The Balaban J connectivity index is 2.59. The molecule has 3 nitrogen and oxygen atoms in total. The van der Waals surface area contributed by atoms with E-state index in [0.717, 1.165) is 0 Å². The highest BCUT2D eigenvalue weighted by Gasteiger charge is 2.15. The largest absolute Gasteiger partial charge is 0.465 e. The molecule has 102 valence electrons. The SMILES string of the molecule is COC(=O)c1cc(C(C)=O)ccc1-c1ccc(F)cc1. The van der Waals surface area contributed by atoms with Gasteiger partial charge in [0, 0.05) is 5.56 Å². The minimum atomic E-state index is -0.535. The first kappa shape index (κ1) is 13.9. The van der Waals surface area contributed by atoms with Crippen molar-refractivity contribution in [2.45, 2.75) is 6.92 Å². The lowest BCUT2D eigenvalue weighted by atomic mass is 9.96. The number of halogens is 1. The molecule has 0 aliphatic rings. The second-order valence-corrected chi connectivity index (χ2v) is 4.32. The van der Waals surface area contributed by atoms with Gasteiger partial charge in [0.15, 0.2) is 5.78 Å². The summed E-state index contributed by atoms with van der Waals surface area (Å²) in [6.45, 7) is 1.42. The van der Waals surface area contributed by atoms with Crippen molar-refractivity contribution in [2.24, 2.45) is 0 Å². The summed E-state index contributed by atoms with van der Waals surface area (Å²) in [6, 6.07) is 10.6. The summed E-state index contributed by atoms with van der Waals surface area (Å²) in [5.41, 5.74) is 1.99. The highest BCUT2D eigenvalue weighted by molar-refractivity contribution is 6.02. The fourth-order valence-corrected chi connectivity index (χ4v) is 1.92. The highest BCUT2D eigenvalue weighted by Crippen LogP contribution is 2.26. The molecule has 0 aromatic heterocycles. The number of carbonyl (C=O) groups excluding carboxylic acids is 2. The van der Waals surface area contributed by atoms with Crippen molar-refractivity contribution in [1.82, 2.24) is 0 Å². The van der Waals surface area contributed by atoms with Gasteiger partial charge in [-0.25, -0.2) is 9.18 Å². The average molecular weight is 272 g/mol. The Hall–Kier alpha value is -2.49. The van der Waals surface area contributed by atoms with Gasteiger partial charge in [-0.05, 0) is 36.2 Å². The summed E-state index contributed by atoms with van der Waals surface area (Å²) >= 11 is 0. The third-order valence-electron chi connectivity index (χ3n) is 2.99. The van der Waals surface area contributed by atoms with Crippen molar-refractivity contribution in [3.05, 3.63) is 59.4 Å². The number of Topliss-reactive ketones (excluding diaryl/α,β-unsaturated/α-hetero) is 1. The zero-order valence-corrected chi connectivity index (χ0v) is 11.1. The van der Waals surface area contributed by atoms with Crippen LogP contribution in [0.5, 0.6) is 0 Å². The topological polar surface area (TPSA) is 43.4 Å². The summed E-state index contributed by atoms with van der Waals surface area (Å²) in [4.78, 5) is 23.2. The lowest BCUT2D eigenvalue weighted by molar-refractivity contribution is 0.0601. The van der Waals surface area contributed by atoms with Crippen LogP contribution >= 0.6 is 0 Å². The molecule has 0 saturated carbocycles. The molecule has 0 aliphatic carbocycles. The van der Waals surface area contributed by atoms with Crippen LogP contribution in [0.3, 0.4) is 0 Å². The van der Waals surface area contributed by atoms with Gasteiger partial charge in [-0.15, -0.1) is 0 Å². The number of rotatable bonds is 3. The van der Waals surface area contributed by atoms with Crippen LogP contribution in [0.25, 0.3) is 11.1 Å². The van der Waals surface area contributed by atoms with Crippen LogP contribution < -0.4 is 0 Å². The molecule has 0 atom stereocenters. The maximum Gasteiger partial charge on any atom is 0.338 e. The maximum absolute atomic E-state index is 13.0. The molecule has 4 heteroatoms. The van der Waals surface area contributed by atoms with E-state index >= 15 is 0 Å². The fraction of sp³-hybridized carbons (Fsp3) is 0.125. The molecule has 2 aromatic rings. The van der Waals surface area contributed by atoms with E-state index in [0.29, 0.717) is 16.7 Å². The molecule has 2 aromatic carbocycles. The van der Waals surface area contributed by atoms with Crippen LogP contribution in [0.4, 0.5) is 4.39 Å². The van der Waals surface area contributed by atoms with Gasteiger partial charge < -0.3 is 4.74 Å². The molecule has 0 spiro atoms. The van der Waals surface area contributed by atoms with E-state index in [1.165, 1.54) is 32.2 Å². The number of hydrogen-bond acceptors (Lipinski definition) is 3. The van der Waals surface area contributed by atoms with Crippen LogP contribution in [-0.4, -0.2) is 18.9 Å². The van der Waals surface area contributed by atoms with Gasteiger partial charge >= 0.3 is 5.97 Å². The minimum absolute atomic E-state index is 0.138. The molecule has 0 amide bonds. The third kappa shape index (κ3) is 2.74. The van der Waals surface area contributed by atoms with E-state index in [1.807, 2.05) is 0 Å². The monoisotopic (exact) mass is 272 g/mol. The van der Waals surface area contributed by atoms with E-state index < -0.39 is 5.97 Å². The van der Waals surface area contributed by atoms with E-state index in [9.17, 15) is 14.0 Å². The Labute approximate surface area is 116 Å². The third-order valence-corrected chi connectivity index (χ3v) is 2.99. The summed E-state index contributed by atoms with van der Waals surface area (Å²) in [5, 5.41) is 0. The fourth-order valence-electron chi connectivity index (χ4n) is 1.92. The Morgan fingerprint density at radius 1 is 1.05 bits per heavy atom. The second-order valence-electron chi connectivity index (χ2n) is 4.32. The van der Waals surface area contributed by atoms with Crippen molar-refractivity contribution in [3.63, 3.8) is 0 Å².